The second-order valence-corrected chi connectivity index (χ2v) is 3.85. The fourth-order valence-electron chi connectivity index (χ4n) is 1.68. The Morgan fingerprint density at radius 2 is 1.89 bits per heavy atom. The molecule has 5 nitrogen and oxygen atoms in total. The molecule has 2 rings (SSSR count). The zero-order valence-electron chi connectivity index (χ0n) is 9.92. The van der Waals surface area contributed by atoms with E-state index in [-0.39, 0.29) is 5.69 Å². The SMILES string of the molecule is N#C/C(C(N)=O)=C(/O)c1ccc(-c2ccccc2)[nH]1. The van der Waals surface area contributed by atoms with E-state index in [4.69, 9.17) is 11.0 Å². The van der Waals surface area contributed by atoms with Gasteiger partial charge in [0.1, 0.15) is 6.07 Å². The Balaban J connectivity index is 2.43. The highest BCUT2D eigenvalue weighted by atomic mass is 16.3. The van der Waals surface area contributed by atoms with E-state index in [0.29, 0.717) is 0 Å². The number of nitrogens with zero attached hydrogens (tertiary/aromatic N) is 1. The van der Waals surface area contributed by atoms with Crippen LogP contribution in [-0.2, 0) is 4.79 Å². The number of aromatic nitrogens is 1. The smallest absolute Gasteiger partial charge is 0.263 e. The number of primary amides is 1. The molecular formula is C14H11N3O2. The highest BCUT2D eigenvalue weighted by Crippen LogP contribution is 2.22. The Kier molecular flexibility index (Phi) is 3.35. The number of hydrogen-bond donors (Lipinski definition) is 3. The molecule has 1 heterocycles. The number of aromatic amines is 1. The average Bonchev–Trinajstić information content (AvgIpc) is 2.89. The third kappa shape index (κ3) is 2.48. The summed E-state index contributed by atoms with van der Waals surface area (Å²) in [7, 11) is 0. The highest BCUT2D eigenvalue weighted by molar-refractivity contribution is 6.02. The van der Waals surface area contributed by atoms with Gasteiger partial charge in [-0.05, 0) is 17.7 Å². The molecule has 0 aliphatic carbocycles. The minimum Gasteiger partial charge on any atom is -0.504 e. The predicted octanol–water partition coefficient (Wildman–Crippen LogP) is 1.96. The third-order valence-electron chi connectivity index (χ3n) is 2.62. The van der Waals surface area contributed by atoms with Crippen molar-refractivity contribution in [1.29, 1.82) is 5.26 Å². The number of H-pyrrole nitrogens is 1. The first-order chi connectivity index (χ1) is 9.13. The lowest BCUT2D eigenvalue weighted by molar-refractivity contribution is -0.114. The number of amides is 1. The van der Waals surface area contributed by atoms with Gasteiger partial charge in [-0.25, -0.2) is 0 Å². The number of rotatable bonds is 3. The molecule has 4 N–H and O–H groups in total. The van der Waals surface area contributed by atoms with Crippen molar-refractivity contribution < 1.29 is 9.90 Å². The van der Waals surface area contributed by atoms with Crippen LogP contribution in [0.1, 0.15) is 5.69 Å². The van der Waals surface area contributed by atoms with Crippen molar-refractivity contribution in [3.8, 4) is 17.3 Å². The molecule has 94 valence electrons. The number of nitrogens with two attached hydrogens (primary N) is 1. The maximum absolute atomic E-state index is 11.0. The minimum absolute atomic E-state index is 0.272. The normalized spacial score (nSPS) is 11.5. The van der Waals surface area contributed by atoms with Crippen LogP contribution in [0.15, 0.2) is 48.0 Å². The number of carbonyl (C=O) groups excluding carboxylic acids is 1. The summed E-state index contributed by atoms with van der Waals surface area (Å²) in [5.41, 5.74) is 6.51. The Labute approximate surface area is 109 Å². The first-order valence-electron chi connectivity index (χ1n) is 5.51. The van der Waals surface area contributed by atoms with Crippen LogP contribution in [0, 0.1) is 11.3 Å². The molecule has 1 amide bonds. The van der Waals surface area contributed by atoms with E-state index in [2.05, 4.69) is 4.98 Å². The van der Waals surface area contributed by atoms with Crippen molar-refractivity contribution in [1.82, 2.24) is 4.98 Å². The lowest BCUT2D eigenvalue weighted by Crippen LogP contribution is -2.14. The average molecular weight is 253 g/mol. The molecule has 0 saturated heterocycles. The molecule has 0 aliphatic heterocycles. The third-order valence-corrected chi connectivity index (χ3v) is 2.62. The van der Waals surface area contributed by atoms with E-state index in [1.807, 2.05) is 30.3 Å². The van der Waals surface area contributed by atoms with Gasteiger partial charge in [-0.1, -0.05) is 30.3 Å². The lowest BCUT2D eigenvalue weighted by Gasteiger charge is -2.00. The van der Waals surface area contributed by atoms with Gasteiger partial charge in [0.25, 0.3) is 5.91 Å². The van der Waals surface area contributed by atoms with Crippen molar-refractivity contribution in [2.45, 2.75) is 0 Å². The van der Waals surface area contributed by atoms with Crippen molar-refractivity contribution in [2.24, 2.45) is 5.73 Å². The van der Waals surface area contributed by atoms with Gasteiger partial charge in [-0.2, -0.15) is 5.26 Å². The quantitative estimate of drug-likeness (QED) is 0.442. The van der Waals surface area contributed by atoms with Crippen molar-refractivity contribution in [2.75, 3.05) is 0 Å². The van der Waals surface area contributed by atoms with Gasteiger partial charge in [0.05, 0.1) is 5.69 Å². The summed E-state index contributed by atoms with van der Waals surface area (Å²) in [5.74, 6) is -1.41. The zero-order chi connectivity index (χ0) is 13.8. The van der Waals surface area contributed by atoms with E-state index < -0.39 is 17.2 Å². The molecule has 0 radical (unpaired) electrons. The van der Waals surface area contributed by atoms with Gasteiger partial charge < -0.3 is 15.8 Å². The molecule has 5 heteroatoms. The van der Waals surface area contributed by atoms with Crippen molar-refractivity contribution >= 4 is 11.7 Å². The highest BCUT2D eigenvalue weighted by Gasteiger charge is 2.14. The summed E-state index contributed by atoms with van der Waals surface area (Å²) in [6, 6.07) is 14.4. The molecule has 2 aromatic rings. The molecule has 0 aliphatic rings. The van der Waals surface area contributed by atoms with Gasteiger partial charge in [0.2, 0.25) is 0 Å². The van der Waals surface area contributed by atoms with E-state index in [1.54, 1.807) is 18.2 Å². The van der Waals surface area contributed by atoms with Crippen LogP contribution in [0.5, 0.6) is 0 Å². The summed E-state index contributed by atoms with van der Waals surface area (Å²) in [6.07, 6.45) is 0. The molecule has 19 heavy (non-hydrogen) atoms. The fraction of sp³-hybridized carbons (Fsp3) is 0. The summed E-state index contributed by atoms with van der Waals surface area (Å²) >= 11 is 0. The van der Waals surface area contributed by atoms with Crippen molar-refractivity contribution in [3.05, 3.63) is 53.7 Å². The molecule has 0 bridgehead atoms. The number of nitrogens with one attached hydrogen (secondary N) is 1. The Morgan fingerprint density at radius 3 is 2.47 bits per heavy atom. The maximum Gasteiger partial charge on any atom is 0.263 e. The first-order valence-corrected chi connectivity index (χ1v) is 5.51. The standard InChI is InChI=1S/C14H11N3O2/c15-8-10(14(16)19)13(18)12-7-6-11(17-12)9-4-2-1-3-5-9/h1-7,17-18H,(H2,16,19)/b13-10-. The summed E-state index contributed by atoms with van der Waals surface area (Å²) < 4.78 is 0. The van der Waals surface area contributed by atoms with Crippen LogP contribution in [0.3, 0.4) is 0 Å². The van der Waals surface area contributed by atoms with Crippen LogP contribution in [-0.4, -0.2) is 16.0 Å². The van der Waals surface area contributed by atoms with Gasteiger partial charge in [-0.3, -0.25) is 4.79 Å². The molecule has 1 aromatic carbocycles. The Bertz CT molecular complexity index is 678. The topological polar surface area (TPSA) is 103 Å². The molecule has 1 aromatic heterocycles. The Morgan fingerprint density at radius 1 is 1.21 bits per heavy atom. The molecular weight excluding hydrogens is 242 g/mol. The van der Waals surface area contributed by atoms with Gasteiger partial charge in [-0.15, -0.1) is 0 Å². The van der Waals surface area contributed by atoms with E-state index in [9.17, 15) is 9.90 Å². The van der Waals surface area contributed by atoms with Crippen LogP contribution < -0.4 is 5.73 Å². The van der Waals surface area contributed by atoms with Crippen molar-refractivity contribution in [3.63, 3.8) is 0 Å². The maximum atomic E-state index is 11.0. The molecule has 0 saturated carbocycles. The number of benzene rings is 1. The first kappa shape index (κ1) is 12.5. The van der Waals surface area contributed by atoms with E-state index in [1.165, 1.54) is 0 Å². The predicted molar refractivity (Wildman–Crippen MR) is 70.6 cm³/mol. The van der Waals surface area contributed by atoms with E-state index in [0.717, 1.165) is 11.3 Å². The fourth-order valence-corrected chi connectivity index (χ4v) is 1.68. The summed E-state index contributed by atoms with van der Waals surface area (Å²) in [5, 5.41) is 18.6. The number of aliphatic hydroxyl groups is 1. The second kappa shape index (κ2) is 5.10. The Hall–Kier alpha value is -3.00. The van der Waals surface area contributed by atoms with Crippen LogP contribution in [0.2, 0.25) is 0 Å². The monoisotopic (exact) mass is 253 g/mol. The summed E-state index contributed by atoms with van der Waals surface area (Å²) in [6.45, 7) is 0. The number of carbonyl (C=O) groups is 1. The summed E-state index contributed by atoms with van der Waals surface area (Å²) in [4.78, 5) is 13.9. The number of nitriles is 1. The molecule has 0 atom stereocenters. The zero-order valence-corrected chi connectivity index (χ0v) is 9.92. The molecule has 0 spiro atoms. The minimum atomic E-state index is -0.962. The number of aliphatic hydroxyl groups excluding tert-OH is 1. The van der Waals surface area contributed by atoms with Crippen LogP contribution in [0.4, 0.5) is 0 Å². The van der Waals surface area contributed by atoms with Gasteiger partial charge in [0, 0.05) is 5.69 Å². The van der Waals surface area contributed by atoms with Gasteiger partial charge in [0.15, 0.2) is 11.3 Å². The van der Waals surface area contributed by atoms with Gasteiger partial charge >= 0.3 is 0 Å². The lowest BCUT2D eigenvalue weighted by atomic mass is 10.2. The second-order valence-electron chi connectivity index (χ2n) is 3.85. The number of hydrogen-bond acceptors (Lipinski definition) is 3. The molecule has 0 unspecified atom stereocenters. The van der Waals surface area contributed by atoms with Crippen LogP contribution in [0.25, 0.3) is 17.0 Å². The largest absolute Gasteiger partial charge is 0.504 e. The van der Waals surface area contributed by atoms with E-state index >= 15 is 0 Å². The van der Waals surface area contributed by atoms with Crippen LogP contribution >= 0.6 is 0 Å². The molecule has 0 fully saturated rings.